The van der Waals surface area contributed by atoms with Crippen LogP contribution in [-0.2, 0) is 22.6 Å². The summed E-state index contributed by atoms with van der Waals surface area (Å²) in [6, 6.07) is 23.0. The van der Waals surface area contributed by atoms with Crippen LogP contribution in [0.4, 0.5) is 5.69 Å². The van der Waals surface area contributed by atoms with Gasteiger partial charge in [-0.15, -0.1) is 0 Å². The molecule has 0 fully saturated rings. The Morgan fingerprint density at radius 2 is 1.50 bits per heavy atom. The van der Waals surface area contributed by atoms with Crippen LogP contribution in [-0.4, -0.2) is 23.8 Å². The molecular formula is C27H26N2O3. The van der Waals surface area contributed by atoms with Crippen molar-refractivity contribution in [1.82, 2.24) is 4.90 Å². The van der Waals surface area contributed by atoms with Crippen LogP contribution < -0.4 is 10.1 Å². The number of benzene rings is 3. The van der Waals surface area contributed by atoms with E-state index in [1.807, 2.05) is 67.6 Å². The zero-order chi connectivity index (χ0) is 22.7. The molecule has 0 unspecified atom stereocenters. The third-order valence-corrected chi connectivity index (χ3v) is 5.64. The molecule has 0 aromatic heterocycles. The molecule has 0 bridgehead atoms. The highest BCUT2D eigenvalue weighted by atomic mass is 16.5. The molecule has 0 saturated heterocycles. The van der Waals surface area contributed by atoms with Gasteiger partial charge in [-0.1, -0.05) is 67.1 Å². The monoisotopic (exact) mass is 426 g/mol. The van der Waals surface area contributed by atoms with Crippen LogP contribution in [0.15, 0.2) is 78.5 Å². The van der Waals surface area contributed by atoms with Gasteiger partial charge in [-0.2, -0.15) is 0 Å². The second-order valence-electron chi connectivity index (χ2n) is 7.81. The molecule has 3 aromatic carbocycles. The molecule has 0 radical (unpaired) electrons. The fraction of sp³-hybridized carbons (Fsp3) is 0.185. The van der Waals surface area contributed by atoms with Crippen molar-refractivity contribution in [2.45, 2.75) is 26.8 Å². The summed E-state index contributed by atoms with van der Waals surface area (Å²) in [6.07, 6.45) is 0.928. The minimum absolute atomic E-state index is 0.205. The van der Waals surface area contributed by atoms with E-state index in [0.29, 0.717) is 16.9 Å². The third kappa shape index (κ3) is 4.14. The molecular weight excluding hydrogens is 400 g/mol. The summed E-state index contributed by atoms with van der Waals surface area (Å²) in [5.74, 6) is -0.148. The maximum absolute atomic E-state index is 13.5. The maximum atomic E-state index is 13.5. The Kier molecular flexibility index (Phi) is 6.08. The molecule has 5 nitrogen and oxygen atoms in total. The highest BCUT2D eigenvalue weighted by molar-refractivity contribution is 6.36. The molecule has 1 N–H and O–H groups in total. The van der Waals surface area contributed by atoms with Crippen LogP contribution in [0, 0.1) is 6.92 Å². The number of rotatable bonds is 7. The lowest BCUT2D eigenvalue weighted by molar-refractivity contribution is -0.137. The van der Waals surface area contributed by atoms with Crippen LogP contribution in [0.2, 0.25) is 0 Å². The van der Waals surface area contributed by atoms with E-state index < -0.39 is 0 Å². The largest absolute Gasteiger partial charge is 0.496 e. The summed E-state index contributed by atoms with van der Waals surface area (Å²) in [4.78, 5) is 28.2. The van der Waals surface area contributed by atoms with Crippen molar-refractivity contribution in [2.75, 3.05) is 12.4 Å². The Hall–Kier alpha value is -3.86. The lowest BCUT2D eigenvalue weighted by atomic mass is 10.0. The number of hydrogen-bond donors (Lipinski definition) is 1. The Morgan fingerprint density at radius 1 is 0.844 bits per heavy atom. The highest BCUT2D eigenvalue weighted by Gasteiger charge is 2.40. The fourth-order valence-electron chi connectivity index (χ4n) is 3.78. The molecule has 0 spiro atoms. The second-order valence-corrected chi connectivity index (χ2v) is 7.81. The number of carbonyl (C=O) groups is 2. The molecule has 162 valence electrons. The number of carbonyl (C=O) groups excluding carboxylic acids is 2. The molecule has 0 saturated carbocycles. The summed E-state index contributed by atoms with van der Waals surface area (Å²) >= 11 is 0. The predicted octanol–water partition coefficient (Wildman–Crippen LogP) is 4.96. The van der Waals surface area contributed by atoms with E-state index >= 15 is 0 Å². The van der Waals surface area contributed by atoms with Gasteiger partial charge in [0.1, 0.15) is 11.4 Å². The smallest absolute Gasteiger partial charge is 0.278 e. The van der Waals surface area contributed by atoms with Gasteiger partial charge in [0.05, 0.1) is 19.2 Å². The van der Waals surface area contributed by atoms with Gasteiger partial charge >= 0.3 is 0 Å². The minimum Gasteiger partial charge on any atom is -0.496 e. The van der Waals surface area contributed by atoms with Crippen LogP contribution in [0.3, 0.4) is 0 Å². The van der Waals surface area contributed by atoms with Crippen molar-refractivity contribution < 1.29 is 14.3 Å². The number of ether oxygens (including phenoxy) is 1. The zero-order valence-electron chi connectivity index (χ0n) is 18.5. The number of nitrogens with one attached hydrogen (secondary N) is 1. The van der Waals surface area contributed by atoms with Gasteiger partial charge in [-0.3, -0.25) is 14.5 Å². The minimum atomic E-state index is -0.351. The first-order valence-corrected chi connectivity index (χ1v) is 10.7. The van der Waals surface area contributed by atoms with Gasteiger partial charge < -0.3 is 10.1 Å². The standard InChI is InChI=1S/C27H26N2O3/c1-4-19-13-15-21(16-14-19)28-25-24(22-7-5-6-8-23(22)32-3)26(30)29(27(25)31)17-20-11-9-18(2)10-12-20/h5-16,28H,4,17H2,1-3H3. The maximum Gasteiger partial charge on any atom is 0.278 e. The van der Waals surface area contributed by atoms with Crippen LogP contribution >= 0.6 is 0 Å². The van der Waals surface area contributed by atoms with Crippen molar-refractivity contribution >= 4 is 23.1 Å². The highest BCUT2D eigenvalue weighted by Crippen LogP contribution is 2.35. The molecule has 32 heavy (non-hydrogen) atoms. The molecule has 4 rings (SSSR count). The molecule has 2 amide bonds. The molecule has 5 heteroatoms. The van der Waals surface area contributed by atoms with Crippen LogP contribution in [0.1, 0.15) is 29.2 Å². The summed E-state index contributed by atoms with van der Waals surface area (Å²) < 4.78 is 5.49. The molecule has 0 aliphatic carbocycles. The van der Waals surface area contributed by atoms with Crippen LogP contribution in [0.5, 0.6) is 5.75 Å². The second kappa shape index (κ2) is 9.10. The predicted molar refractivity (Wildman–Crippen MR) is 126 cm³/mol. The van der Waals surface area contributed by atoms with E-state index in [1.54, 1.807) is 19.2 Å². The molecule has 1 heterocycles. The summed E-state index contributed by atoms with van der Waals surface area (Å²) in [7, 11) is 1.56. The van der Waals surface area contributed by atoms with E-state index in [1.165, 1.54) is 10.5 Å². The van der Waals surface area contributed by atoms with Gasteiger partial charge in [0.25, 0.3) is 11.8 Å². The molecule has 1 aliphatic rings. The Bertz CT molecular complexity index is 1180. The third-order valence-electron chi connectivity index (χ3n) is 5.64. The van der Waals surface area contributed by atoms with E-state index in [4.69, 9.17) is 4.74 Å². The number of aryl methyl sites for hydroxylation is 2. The van der Waals surface area contributed by atoms with Gasteiger partial charge in [-0.05, 0) is 42.7 Å². The SMILES string of the molecule is CCc1ccc(NC2=C(c3ccccc3OC)C(=O)N(Cc3ccc(C)cc3)C2=O)cc1. The molecule has 0 atom stereocenters. The first-order chi connectivity index (χ1) is 15.5. The first-order valence-electron chi connectivity index (χ1n) is 10.7. The number of hydrogen-bond acceptors (Lipinski definition) is 4. The molecule has 3 aromatic rings. The number of methoxy groups -OCH3 is 1. The average Bonchev–Trinajstić information content (AvgIpc) is 3.05. The lowest BCUT2D eigenvalue weighted by Crippen LogP contribution is -2.32. The fourth-order valence-corrected chi connectivity index (χ4v) is 3.78. The number of amides is 2. The number of anilines is 1. The van der Waals surface area contributed by atoms with Crippen molar-refractivity contribution in [3.05, 3.63) is 101 Å². The van der Waals surface area contributed by atoms with Crippen molar-refractivity contribution in [2.24, 2.45) is 0 Å². The van der Waals surface area contributed by atoms with Crippen molar-refractivity contribution in [3.8, 4) is 5.75 Å². The topological polar surface area (TPSA) is 58.6 Å². The number of imide groups is 1. The average molecular weight is 427 g/mol. The Labute approximate surface area is 188 Å². The van der Waals surface area contributed by atoms with E-state index in [-0.39, 0.29) is 24.1 Å². The summed E-state index contributed by atoms with van der Waals surface area (Å²) in [6.45, 7) is 4.30. The van der Waals surface area contributed by atoms with Crippen molar-refractivity contribution in [1.29, 1.82) is 0 Å². The Balaban J connectivity index is 1.75. The van der Waals surface area contributed by atoms with E-state index in [2.05, 4.69) is 12.2 Å². The van der Waals surface area contributed by atoms with E-state index in [0.717, 1.165) is 23.2 Å². The van der Waals surface area contributed by atoms with Gasteiger partial charge in [0.2, 0.25) is 0 Å². The van der Waals surface area contributed by atoms with Crippen LogP contribution in [0.25, 0.3) is 5.57 Å². The summed E-state index contributed by atoms with van der Waals surface area (Å²) in [5, 5.41) is 3.21. The number of para-hydroxylation sites is 1. The van der Waals surface area contributed by atoms with Gasteiger partial charge in [0.15, 0.2) is 0 Å². The first kappa shape index (κ1) is 21.4. The quantitative estimate of drug-likeness (QED) is 0.543. The van der Waals surface area contributed by atoms with Crippen molar-refractivity contribution in [3.63, 3.8) is 0 Å². The van der Waals surface area contributed by atoms with Gasteiger partial charge in [0, 0.05) is 11.3 Å². The number of nitrogens with zero attached hydrogens (tertiary/aromatic N) is 1. The lowest BCUT2D eigenvalue weighted by Gasteiger charge is -2.16. The Morgan fingerprint density at radius 3 is 2.16 bits per heavy atom. The normalized spacial score (nSPS) is 13.7. The summed E-state index contributed by atoms with van der Waals surface area (Å²) in [5.41, 5.74) is 5.14. The zero-order valence-corrected chi connectivity index (χ0v) is 18.5. The van der Waals surface area contributed by atoms with Gasteiger partial charge in [-0.25, -0.2) is 0 Å². The van der Waals surface area contributed by atoms with E-state index in [9.17, 15) is 9.59 Å². The molecule has 1 aliphatic heterocycles.